The summed E-state index contributed by atoms with van der Waals surface area (Å²) in [4.78, 5) is 10.5. The van der Waals surface area contributed by atoms with Crippen LogP contribution in [-0.4, -0.2) is 11.1 Å². The summed E-state index contributed by atoms with van der Waals surface area (Å²) in [5, 5.41) is 8.64. The van der Waals surface area contributed by atoms with Crippen LogP contribution in [0.3, 0.4) is 0 Å². The molecule has 2 fully saturated rings. The van der Waals surface area contributed by atoms with Crippen LogP contribution < -0.4 is 0 Å². The number of rotatable bonds is 1. The Morgan fingerprint density at radius 3 is 2.83 bits per heavy atom. The summed E-state index contributed by atoms with van der Waals surface area (Å²) in [5.74, 6) is 1.13. The predicted octanol–water partition coefficient (Wildman–Crippen LogP) is 2.06. The van der Waals surface area contributed by atoms with Gasteiger partial charge < -0.3 is 5.11 Å². The molecule has 1 N–H and O–H groups in total. The lowest BCUT2D eigenvalue weighted by Crippen LogP contribution is -2.11. The number of hydrogen-bond donors (Lipinski definition) is 1. The average Bonchev–Trinajstić information content (AvgIpc) is 2.53. The highest BCUT2D eigenvalue weighted by atomic mass is 16.4. The maximum absolute atomic E-state index is 10.5. The van der Waals surface area contributed by atoms with Gasteiger partial charge >= 0.3 is 5.97 Å². The molecule has 2 aliphatic carbocycles. The van der Waals surface area contributed by atoms with Gasteiger partial charge in [-0.2, -0.15) is 0 Å². The Bertz CT molecular complexity index is 238. The van der Waals surface area contributed by atoms with Crippen LogP contribution in [0.4, 0.5) is 0 Å². The van der Waals surface area contributed by atoms with Crippen LogP contribution in [0.2, 0.25) is 0 Å². The van der Waals surface area contributed by atoms with Crippen molar-refractivity contribution in [1.82, 2.24) is 0 Å². The zero-order valence-corrected chi connectivity index (χ0v) is 7.29. The Morgan fingerprint density at radius 1 is 1.58 bits per heavy atom. The van der Waals surface area contributed by atoms with Crippen molar-refractivity contribution in [3.8, 4) is 0 Å². The molecule has 0 aromatic carbocycles. The minimum atomic E-state index is -0.774. The Morgan fingerprint density at radius 2 is 2.33 bits per heavy atom. The topological polar surface area (TPSA) is 37.3 Å². The normalized spacial score (nSPS) is 42.4. The zero-order chi connectivity index (χ0) is 8.72. The highest BCUT2D eigenvalue weighted by Gasteiger charge is 2.41. The SMILES string of the molecule is C[C@@H]1/C(=C/C(=O)O)[C@H]2CC[C@@H]1C2. The Hall–Kier alpha value is -0.790. The number of aliphatic carboxylic acids is 1. The van der Waals surface area contributed by atoms with Crippen LogP contribution in [0.15, 0.2) is 11.6 Å². The fourth-order valence-electron chi connectivity index (χ4n) is 2.81. The van der Waals surface area contributed by atoms with Crippen LogP contribution in [0.25, 0.3) is 0 Å². The summed E-state index contributed by atoms with van der Waals surface area (Å²) < 4.78 is 0. The van der Waals surface area contributed by atoms with Gasteiger partial charge in [-0.15, -0.1) is 0 Å². The molecular formula is C10H14O2. The van der Waals surface area contributed by atoms with E-state index < -0.39 is 5.97 Å². The summed E-state index contributed by atoms with van der Waals surface area (Å²) in [6, 6.07) is 0. The van der Waals surface area contributed by atoms with Gasteiger partial charge in [-0.1, -0.05) is 12.5 Å². The van der Waals surface area contributed by atoms with Crippen LogP contribution in [0.1, 0.15) is 26.2 Å². The largest absolute Gasteiger partial charge is 0.478 e. The summed E-state index contributed by atoms with van der Waals surface area (Å²) in [6.07, 6.45) is 5.20. The molecule has 2 bridgehead atoms. The van der Waals surface area contributed by atoms with E-state index in [1.54, 1.807) is 0 Å². The maximum Gasteiger partial charge on any atom is 0.328 e. The van der Waals surface area contributed by atoms with Crippen molar-refractivity contribution < 1.29 is 9.90 Å². The predicted molar refractivity (Wildman–Crippen MR) is 45.7 cm³/mol. The third-order valence-corrected chi connectivity index (χ3v) is 3.47. The van der Waals surface area contributed by atoms with Crippen molar-refractivity contribution >= 4 is 5.97 Å². The third-order valence-electron chi connectivity index (χ3n) is 3.47. The maximum atomic E-state index is 10.5. The molecule has 0 spiro atoms. The molecule has 2 heteroatoms. The number of hydrogen-bond acceptors (Lipinski definition) is 1. The van der Waals surface area contributed by atoms with Crippen molar-refractivity contribution in [2.24, 2.45) is 17.8 Å². The summed E-state index contributed by atoms with van der Waals surface area (Å²) in [6.45, 7) is 2.17. The van der Waals surface area contributed by atoms with E-state index in [2.05, 4.69) is 6.92 Å². The van der Waals surface area contributed by atoms with E-state index in [9.17, 15) is 4.79 Å². The van der Waals surface area contributed by atoms with Crippen LogP contribution in [0.5, 0.6) is 0 Å². The molecule has 0 radical (unpaired) electrons. The van der Waals surface area contributed by atoms with E-state index >= 15 is 0 Å². The summed E-state index contributed by atoms with van der Waals surface area (Å²) >= 11 is 0. The molecule has 0 aromatic heterocycles. The standard InChI is InChI=1S/C10H14O2/c1-6-7-2-3-8(4-7)9(6)5-10(11)12/h5-8H,2-4H2,1H3,(H,11,12)/b9-5-/t6-,7+,8-/m0/s1. The van der Waals surface area contributed by atoms with Gasteiger partial charge in [0.2, 0.25) is 0 Å². The number of carboxylic acids is 1. The van der Waals surface area contributed by atoms with Crippen molar-refractivity contribution in [3.63, 3.8) is 0 Å². The monoisotopic (exact) mass is 166 g/mol. The minimum absolute atomic E-state index is 0.528. The molecule has 0 unspecified atom stereocenters. The first-order valence-electron chi connectivity index (χ1n) is 4.63. The van der Waals surface area contributed by atoms with Crippen molar-refractivity contribution in [2.75, 3.05) is 0 Å². The fourth-order valence-corrected chi connectivity index (χ4v) is 2.81. The Kier molecular flexibility index (Phi) is 1.71. The van der Waals surface area contributed by atoms with Gasteiger partial charge in [-0.25, -0.2) is 4.79 Å². The second kappa shape index (κ2) is 2.61. The molecule has 2 aliphatic rings. The molecule has 2 nitrogen and oxygen atoms in total. The van der Waals surface area contributed by atoms with Gasteiger partial charge in [0.15, 0.2) is 0 Å². The molecule has 2 rings (SSSR count). The quantitative estimate of drug-likeness (QED) is 0.605. The van der Waals surface area contributed by atoms with Gasteiger partial charge in [0.05, 0.1) is 0 Å². The van der Waals surface area contributed by atoms with Crippen LogP contribution >= 0.6 is 0 Å². The van der Waals surface area contributed by atoms with E-state index in [4.69, 9.17) is 5.11 Å². The molecule has 2 saturated carbocycles. The number of allylic oxidation sites excluding steroid dienone is 1. The lowest BCUT2D eigenvalue weighted by molar-refractivity contribution is -0.131. The molecule has 66 valence electrons. The zero-order valence-electron chi connectivity index (χ0n) is 7.29. The fraction of sp³-hybridized carbons (Fsp3) is 0.700. The minimum Gasteiger partial charge on any atom is -0.478 e. The third kappa shape index (κ3) is 1.06. The lowest BCUT2D eigenvalue weighted by atomic mass is 9.85. The van der Waals surface area contributed by atoms with Gasteiger partial charge in [-0.3, -0.25) is 0 Å². The Balaban J connectivity index is 2.22. The van der Waals surface area contributed by atoms with E-state index in [1.807, 2.05) is 0 Å². The molecule has 0 aliphatic heterocycles. The van der Waals surface area contributed by atoms with Gasteiger partial charge in [-0.05, 0) is 37.0 Å². The van der Waals surface area contributed by atoms with Crippen LogP contribution in [-0.2, 0) is 4.79 Å². The molecular weight excluding hydrogens is 152 g/mol. The average molecular weight is 166 g/mol. The highest BCUT2D eigenvalue weighted by molar-refractivity contribution is 5.81. The first kappa shape index (κ1) is 7.84. The van der Waals surface area contributed by atoms with E-state index in [0.29, 0.717) is 11.8 Å². The second-order valence-corrected chi connectivity index (χ2v) is 4.04. The second-order valence-electron chi connectivity index (χ2n) is 4.04. The molecule has 0 saturated heterocycles. The molecule has 12 heavy (non-hydrogen) atoms. The van der Waals surface area contributed by atoms with Crippen molar-refractivity contribution in [3.05, 3.63) is 11.6 Å². The van der Waals surface area contributed by atoms with Crippen LogP contribution in [0, 0.1) is 17.8 Å². The number of carbonyl (C=O) groups is 1. The lowest BCUT2D eigenvalue weighted by Gasteiger charge is -2.20. The first-order valence-corrected chi connectivity index (χ1v) is 4.63. The number of fused-ring (bicyclic) bond motifs is 2. The summed E-state index contributed by atoms with van der Waals surface area (Å²) in [5.41, 5.74) is 1.19. The van der Waals surface area contributed by atoms with Gasteiger partial charge in [0.1, 0.15) is 0 Å². The molecule has 0 aromatic rings. The van der Waals surface area contributed by atoms with Gasteiger partial charge in [0, 0.05) is 6.08 Å². The first-order chi connectivity index (χ1) is 5.68. The van der Waals surface area contributed by atoms with Crippen molar-refractivity contribution in [1.29, 1.82) is 0 Å². The smallest absolute Gasteiger partial charge is 0.328 e. The Labute approximate surface area is 72.3 Å². The molecule has 0 amide bonds. The van der Waals surface area contributed by atoms with E-state index in [1.165, 1.54) is 30.9 Å². The number of carboxylic acid groups (broad SMARTS) is 1. The van der Waals surface area contributed by atoms with E-state index in [0.717, 1.165) is 5.92 Å². The van der Waals surface area contributed by atoms with Gasteiger partial charge in [0.25, 0.3) is 0 Å². The van der Waals surface area contributed by atoms with E-state index in [-0.39, 0.29) is 0 Å². The summed E-state index contributed by atoms with van der Waals surface area (Å²) in [7, 11) is 0. The molecule has 0 heterocycles. The van der Waals surface area contributed by atoms with Crippen molar-refractivity contribution in [2.45, 2.75) is 26.2 Å². The highest BCUT2D eigenvalue weighted by Crippen LogP contribution is 2.51. The molecule has 3 atom stereocenters.